The van der Waals surface area contributed by atoms with Crippen LogP contribution in [-0.2, 0) is 35.4 Å². The molecule has 1 aliphatic rings. The summed E-state index contributed by atoms with van der Waals surface area (Å²) in [6.45, 7) is 0.280. The third kappa shape index (κ3) is 6.67. The quantitative estimate of drug-likeness (QED) is 0.307. The number of methoxy groups -OCH3 is 2. The summed E-state index contributed by atoms with van der Waals surface area (Å²) in [5.41, 5.74) is 10.3. The minimum atomic E-state index is -0.722. The smallest absolute Gasteiger partial charge is 0.252 e. The van der Waals surface area contributed by atoms with Crippen LogP contribution in [0.25, 0.3) is 0 Å². The minimum Gasteiger partial charge on any atom is -0.493 e. The fourth-order valence-electron chi connectivity index (χ4n) is 4.52. The Kier molecular flexibility index (Phi) is 8.40. The molecule has 0 fully saturated rings. The van der Waals surface area contributed by atoms with E-state index in [-0.39, 0.29) is 30.2 Å². The average molecular weight is 501 g/mol. The SMILES string of the molecule is COc1ccc(CNC(=O)C(Cc2ccccc2)NC(N)=NC(=O)C2Cc3ccccc3C2)cc1OC. The van der Waals surface area contributed by atoms with Gasteiger partial charge in [0.25, 0.3) is 5.91 Å². The van der Waals surface area contributed by atoms with Gasteiger partial charge in [0.15, 0.2) is 17.5 Å². The largest absolute Gasteiger partial charge is 0.493 e. The minimum absolute atomic E-state index is 0.0665. The van der Waals surface area contributed by atoms with E-state index in [0.29, 0.717) is 30.8 Å². The molecular weight excluding hydrogens is 468 g/mol. The molecule has 0 aromatic heterocycles. The van der Waals surface area contributed by atoms with Crippen molar-refractivity contribution < 1.29 is 19.1 Å². The zero-order chi connectivity index (χ0) is 26.2. The van der Waals surface area contributed by atoms with Gasteiger partial charge >= 0.3 is 0 Å². The van der Waals surface area contributed by atoms with Crippen LogP contribution in [0.3, 0.4) is 0 Å². The third-order valence-electron chi connectivity index (χ3n) is 6.47. The number of carbonyl (C=O) groups is 2. The lowest BCUT2D eigenvalue weighted by Crippen LogP contribution is -2.50. The normalized spacial score (nSPS) is 13.9. The number of hydrogen-bond donors (Lipinski definition) is 3. The molecule has 8 heteroatoms. The molecule has 3 aromatic rings. The van der Waals surface area contributed by atoms with Crippen molar-refractivity contribution in [2.75, 3.05) is 14.2 Å². The number of fused-ring (bicyclic) bond motifs is 1. The van der Waals surface area contributed by atoms with Gasteiger partial charge in [-0.3, -0.25) is 9.59 Å². The van der Waals surface area contributed by atoms with Gasteiger partial charge in [-0.1, -0.05) is 60.7 Å². The van der Waals surface area contributed by atoms with Gasteiger partial charge in [0, 0.05) is 18.9 Å². The molecule has 3 aromatic carbocycles. The number of ether oxygens (including phenoxy) is 2. The number of nitrogens with two attached hydrogens (primary N) is 1. The first-order chi connectivity index (χ1) is 18.0. The summed E-state index contributed by atoms with van der Waals surface area (Å²) in [4.78, 5) is 30.1. The van der Waals surface area contributed by atoms with Gasteiger partial charge in [0.1, 0.15) is 6.04 Å². The molecule has 1 aliphatic carbocycles. The van der Waals surface area contributed by atoms with Crippen LogP contribution < -0.4 is 25.8 Å². The predicted molar refractivity (Wildman–Crippen MR) is 142 cm³/mol. The second kappa shape index (κ2) is 12.1. The summed E-state index contributed by atoms with van der Waals surface area (Å²) in [5.74, 6) is 0.327. The van der Waals surface area contributed by atoms with Crippen molar-refractivity contribution in [1.82, 2.24) is 10.6 Å². The number of amides is 2. The van der Waals surface area contributed by atoms with Gasteiger partial charge in [-0.15, -0.1) is 0 Å². The molecule has 8 nitrogen and oxygen atoms in total. The van der Waals surface area contributed by atoms with Crippen LogP contribution >= 0.6 is 0 Å². The lowest BCUT2D eigenvalue weighted by molar-refractivity contribution is -0.123. The molecule has 1 atom stereocenters. The number of guanidine groups is 1. The van der Waals surface area contributed by atoms with Crippen LogP contribution in [0.4, 0.5) is 0 Å². The molecule has 192 valence electrons. The van der Waals surface area contributed by atoms with Crippen molar-refractivity contribution in [3.63, 3.8) is 0 Å². The highest BCUT2D eigenvalue weighted by Crippen LogP contribution is 2.28. The molecule has 4 N–H and O–H groups in total. The highest BCUT2D eigenvalue weighted by Gasteiger charge is 2.27. The summed E-state index contributed by atoms with van der Waals surface area (Å²) in [6, 6.07) is 22.4. The Labute approximate surface area is 216 Å². The maximum atomic E-state index is 13.2. The summed E-state index contributed by atoms with van der Waals surface area (Å²) >= 11 is 0. The van der Waals surface area contributed by atoms with Gasteiger partial charge in [-0.2, -0.15) is 4.99 Å². The van der Waals surface area contributed by atoms with Crippen LogP contribution in [0.15, 0.2) is 77.8 Å². The van der Waals surface area contributed by atoms with Gasteiger partial charge < -0.3 is 25.8 Å². The molecule has 37 heavy (non-hydrogen) atoms. The molecule has 0 saturated heterocycles. The van der Waals surface area contributed by atoms with Gasteiger partial charge in [-0.25, -0.2) is 0 Å². The third-order valence-corrected chi connectivity index (χ3v) is 6.47. The number of rotatable bonds is 9. The first kappa shape index (κ1) is 25.8. The topological polar surface area (TPSA) is 115 Å². The zero-order valence-corrected chi connectivity index (χ0v) is 21.1. The second-order valence-electron chi connectivity index (χ2n) is 9.00. The van der Waals surface area contributed by atoms with E-state index >= 15 is 0 Å². The molecule has 2 amide bonds. The van der Waals surface area contributed by atoms with Crippen LogP contribution in [0.1, 0.15) is 22.3 Å². The summed E-state index contributed by atoms with van der Waals surface area (Å²) in [7, 11) is 3.13. The van der Waals surface area contributed by atoms with Crippen LogP contribution in [0.2, 0.25) is 0 Å². The summed E-state index contributed by atoms with van der Waals surface area (Å²) in [6.07, 6.45) is 1.66. The molecule has 0 saturated carbocycles. The molecule has 0 heterocycles. The monoisotopic (exact) mass is 500 g/mol. The number of aliphatic imine (C=N–C) groups is 1. The average Bonchev–Trinajstić information content (AvgIpc) is 3.36. The van der Waals surface area contributed by atoms with Crippen molar-refractivity contribution in [3.05, 3.63) is 95.1 Å². The fraction of sp³-hybridized carbons (Fsp3) is 0.276. The Morgan fingerprint density at radius 2 is 1.57 bits per heavy atom. The Balaban J connectivity index is 1.43. The number of hydrogen-bond acceptors (Lipinski definition) is 4. The number of nitrogens with one attached hydrogen (secondary N) is 2. The standard InChI is InChI=1S/C29H32N4O4/c1-36-25-13-12-20(15-26(25)37-2)18-31-28(35)24(14-19-8-4-3-5-9-19)32-29(30)33-27(34)23-16-21-10-6-7-11-22(21)17-23/h3-13,15,23-24H,14,16-18H2,1-2H3,(H,31,35)(H3,30,32,33,34). The zero-order valence-electron chi connectivity index (χ0n) is 21.1. The Hall–Kier alpha value is -4.33. The van der Waals surface area contributed by atoms with E-state index < -0.39 is 6.04 Å². The summed E-state index contributed by atoms with van der Waals surface area (Å²) in [5, 5.41) is 5.91. The second-order valence-corrected chi connectivity index (χ2v) is 9.00. The molecule has 1 unspecified atom stereocenters. The number of carbonyl (C=O) groups excluding carboxylic acids is 2. The van der Waals surface area contributed by atoms with Crippen LogP contribution in [-0.4, -0.2) is 38.0 Å². The first-order valence-electron chi connectivity index (χ1n) is 12.2. The van der Waals surface area contributed by atoms with Crippen molar-refractivity contribution in [3.8, 4) is 11.5 Å². The lowest BCUT2D eigenvalue weighted by atomic mass is 10.0. The molecule has 0 aliphatic heterocycles. The Morgan fingerprint density at radius 1 is 0.919 bits per heavy atom. The number of benzene rings is 3. The van der Waals surface area contributed by atoms with Gasteiger partial charge in [0.05, 0.1) is 14.2 Å². The van der Waals surface area contributed by atoms with Gasteiger partial charge in [-0.05, 0) is 47.2 Å². The van der Waals surface area contributed by atoms with E-state index in [1.165, 1.54) is 11.1 Å². The maximum Gasteiger partial charge on any atom is 0.252 e. The lowest BCUT2D eigenvalue weighted by Gasteiger charge is -2.19. The number of nitrogens with zero attached hydrogens (tertiary/aromatic N) is 1. The van der Waals surface area contributed by atoms with E-state index in [1.54, 1.807) is 20.3 Å². The molecular formula is C29H32N4O4. The van der Waals surface area contributed by atoms with E-state index in [4.69, 9.17) is 15.2 Å². The van der Waals surface area contributed by atoms with E-state index in [1.807, 2.05) is 66.7 Å². The summed E-state index contributed by atoms with van der Waals surface area (Å²) < 4.78 is 10.6. The molecule has 0 radical (unpaired) electrons. The van der Waals surface area contributed by atoms with E-state index in [9.17, 15) is 9.59 Å². The molecule has 0 spiro atoms. The molecule has 0 bridgehead atoms. The highest BCUT2D eigenvalue weighted by atomic mass is 16.5. The Morgan fingerprint density at radius 3 is 2.22 bits per heavy atom. The molecule has 4 rings (SSSR count). The fourth-order valence-corrected chi connectivity index (χ4v) is 4.52. The van der Waals surface area contributed by atoms with Crippen LogP contribution in [0, 0.1) is 5.92 Å². The van der Waals surface area contributed by atoms with Crippen LogP contribution in [0.5, 0.6) is 11.5 Å². The maximum absolute atomic E-state index is 13.2. The predicted octanol–water partition coefficient (Wildman–Crippen LogP) is 2.78. The van der Waals surface area contributed by atoms with E-state index in [0.717, 1.165) is 11.1 Å². The first-order valence-corrected chi connectivity index (χ1v) is 12.2. The van der Waals surface area contributed by atoms with Crippen molar-refractivity contribution in [2.45, 2.75) is 31.8 Å². The van der Waals surface area contributed by atoms with Gasteiger partial charge in [0.2, 0.25) is 5.91 Å². The van der Waals surface area contributed by atoms with Crippen molar-refractivity contribution in [1.29, 1.82) is 0 Å². The Bertz CT molecular complexity index is 1250. The van der Waals surface area contributed by atoms with E-state index in [2.05, 4.69) is 15.6 Å². The van der Waals surface area contributed by atoms with Crippen molar-refractivity contribution in [2.24, 2.45) is 16.6 Å². The van der Waals surface area contributed by atoms with Crippen molar-refractivity contribution >= 4 is 17.8 Å². The highest BCUT2D eigenvalue weighted by molar-refractivity contribution is 5.96.